The van der Waals surface area contributed by atoms with Crippen molar-refractivity contribution in [3.05, 3.63) is 18.0 Å². The lowest BCUT2D eigenvalue weighted by molar-refractivity contribution is 0.0689. The predicted molar refractivity (Wildman–Crippen MR) is 82.3 cm³/mol. The molecule has 116 valence electrons. The van der Waals surface area contributed by atoms with E-state index < -0.39 is 0 Å². The second-order valence-corrected chi connectivity index (χ2v) is 6.39. The molecule has 1 aromatic heterocycles. The first-order valence-electron chi connectivity index (χ1n) is 8.29. The van der Waals surface area contributed by atoms with Gasteiger partial charge in [-0.2, -0.15) is 5.10 Å². The van der Waals surface area contributed by atoms with Gasteiger partial charge in [0.15, 0.2) is 0 Å². The number of nitrogens with one attached hydrogen (secondary N) is 1. The van der Waals surface area contributed by atoms with Crippen LogP contribution < -0.4 is 5.32 Å². The summed E-state index contributed by atoms with van der Waals surface area (Å²) in [7, 11) is 1.93. The number of piperidine rings is 1. The molecule has 1 N–H and O–H groups in total. The van der Waals surface area contributed by atoms with Gasteiger partial charge in [-0.3, -0.25) is 9.48 Å². The van der Waals surface area contributed by atoms with Crippen LogP contribution in [0.25, 0.3) is 0 Å². The minimum absolute atomic E-state index is 0.0735. The summed E-state index contributed by atoms with van der Waals surface area (Å²) in [5.74, 6) is 0.0735. The molecule has 3 rings (SSSR count). The lowest BCUT2D eigenvalue weighted by atomic mass is 9.94. The molecule has 1 amide bonds. The van der Waals surface area contributed by atoms with Crippen LogP contribution in [0.15, 0.2) is 12.3 Å². The Bertz CT molecular complexity index is 472. The SMILES string of the molecule is CN(C(=O)c1ccn(C2CCCNC2)n1)C1CCCCC1. The van der Waals surface area contributed by atoms with Crippen molar-refractivity contribution in [2.45, 2.75) is 57.0 Å². The van der Waals surface area contributed by atoms with Gasteiger partial charge < -0.3 is 10.2 Å². The molecule has 0 radical (unpaired) electrons. The van der Waals surface area contributed by atoms with Gasteiger partial charge in [0.25, 0.3) is 5.91 Å². The van der Waals surface area contributed by atoms with Crippen molar-refractivity contribution < 1.29 is 4.79 Å². The summed E-state index contributed by atoms with van der Waals surface area (Å²) in [4.78, 5) is 14.5. The summed E-state index contributed by atoms with van der Waals surface area (Å²) in [6.07, 6.45) is 10.3. The van der Waals surface area contributed by atoms with Crippen molar-refractivity contribution in [3.63, 3.8) is 0 Å². The molecule has 21 heavy (non-hydrogen) atoms. The van der Waals surface area contributed by atoms with Crippen molar-refractivity contribution >= 4 is 5.91 Å². The van der Waals surface area contributed by atoms with Gasteiger partial charge in [0.1, 0.15) is 5.69 Å². The molecular weight excluding hydrogens is 264 g/mol. The first-order valence-corrected chi connectivity index (χ1v) is 8.29. The number of hydrogen-bond acceptors (Lipinski definition) is 3. The Labute approximate surface area is 126 Å². The van der Waals surface area contributed by atoms with Gasteiger partial charge in [0.2, 0.25) is 0 Å². The summed E-state index contributed by atoms with van der Waals surface area (Å²) in [5, 5.41) is 7.93. The Hall–Kier alpha value is -1.36. The average molecular weight is 290 g/mol. The summed E-state index contributed by atoms with van der Waals surface area (Å²) in [6.45, 7) is 2.04. The average Bonchev–Trinajstić information content (AvgIpc) is 3.05. The van der Waals surface area contributed by atoms with Crippen LogP contribution in [0.1, 0.15) is 61.5 Å². The van der Waals surface area contributed by atoms with E-state index in [4.69, 9.17) is 0 Å². The number of carbonyl (C=O) groups excluding carboxylic acids is 1. The lowest BCUT2D eigenvalue weighted by Gasteiger charge is -2.30. The molecule has 1 aromatic rings. The van der Waals surface area contributed by atoms with Gasteiger partial charge in [-0.15, -0.1) is 0 Å². The molecule has 1 saturated heterocycles. The van der Waals surface area contributed by atoms with Gasteiger partial charge in [0.05, 0.1) is 6.04 Å². The van der Waals surface area contributed by atoms with Gasteiger partial charge in [-0.25, -0.2) is 0 Å². The highest BCUT2D eigenvalue weighted by molar-refractivity contribution is 5.92. The van der Waals surface area contributed by atoms with Gasteiger partial charge in [0, 0.05) is 25.8 Å². The van der Waals surface area contributed by atoms with E-state index in [1.165, 1.54) is 25.7 Å². The minimum Gasteiger partial charge on any atom is -0.337 e. The Morgan fingerprint density at radius 2 is 2.10 bits per heavy atom. The van der Waals surface area contributed by atoms with E-state index >= 15 is 0 Å². The maximum Gasteiger partial charge on any atom is 0.274 e. The van der Waals surface area contributed by atoms with Crippen molar-refractivity contribution in [2.24, 2.45) is 0 Å². The fraction of sp³-hybridized carbons (Fsp3) is 0.750. The third kappa shape index (κ3) is 3.28. The minimum atomic E-state index is 0.0735. The molecule has 5 heteroatoms. The molecule has 0 spiro atoms. The maximum absolute atomic E-state index is 12.6. The van der Waals surface area contributed by atoms with E-state index in [2.05, 4.69) is 10.4 Å². The van der Waals surface area contributed by atoms with Crippen LogP contribution in [0.4, 0.5) is 0 Å². The molecule has 1 aliphatic heterocycles. The van der Waals surface area contributed by atoms with Crippen molar-refractivity contribution in [1.82, 2.24) is 20.0 Å². The molecule has 1 aliphatic carbocycles. The largest absolute Gasteiger partial charge is 0.337 e. The Morgan fingerprint density at radius 1 is 1.29 bits per heavy atom. The Morgan fingerprint density at radius 3 is 2.81 bits per heavy atom. The molecule has 2 heterocycles. The molecule has 1 saturated carbocycles. The second-order valence-electron chi connectivity index (χ2n) is 6.39. The number of aromatic nitrogens is 2. The third-order valence-electron chi connectivity index (χ3n) is 4.92. The van der Waals surface area contributed by atoms with Crippen LogP contribution in [0, 0.1) is 0 Å². The molecule has 0 bridgehead atoms. The molecule has 2 aliphatic rings. The Kier molecular flexibility index (Phi) is 4.58. The highest BCUT2D eigenvalue weighted by atomic mass is 16.2. The zero-order chi connectivity index (χ0) is 14.7. The summed E-state index contributed by atoms with van der Waals surface area (Å²) < 4.78 is 1.97. The Balaban J connectivity index is 1.65. The van der Waals surface area contributed by atoms with E-state index in [0.29, 0.717) is 17.8 Å². The first kappa shape index (κ1) is 14.6. The molecule has 5 nitrogen and oxygen atoms in total. The van der Waals surface area contributed by atoms with Crippen LogP contribution >= 0.6 is 0 Å². The normalized spacial score (nSPS) is 24.0. The van der Waals surface area contributed by atoms with E-state index in [1.54, 1.807) is 0 Å². The molecule has 1 atom stereocenters. The van der Waals surface area contributed by atoms with Crippen molar-refractivity contribution in [3.8, 4) is 0 Å². The molecule has 1 unspecified atom stereocenters. The standard InChI is InChI=1S/C16H26N4O/c1-19(13-6-3-2-4-7-13)16(21)15-9-11-20(18-15)14-8-5-10-17-12-14/h9,11,13-14,17H,2-8,10,12H2,1H3. The number of rotatable bonds is 3. The smallest absolute Gasteiger partial charge is 0.274 e. The van der Waals surface area contributed by atoms with Gasteiger partial charge >= 0.3 is 0 Å². The van der Waals surface area contributed by atoms with Crippen molar-refractivity contribution in [2.75, 3.05) is 20.1 Å². The van der Waals surface area contributed by atoms with E-state index in [-0.39, 0.29) is 5.91 Å². The zero-order valence-corrected chi connectivity index (χ0v) is 12.9. The summed E-state index contributed by atoms with van der Waals surface area (Å²) >= 11 is 0. The topological polar surface area (TPSA) is 50.2 Å². The fourth-order valence-electron chi connectivity index (χ4n) is 3.53. The summed E-state index contributed by atoms with van der Waals surface area (Å²) in [6, 6.07) is 2.66. The van der Waals surface area contributed by atoms with E-state index in [1.807, 2.05) is 28.9 Å². The molecular formula is C16H26N4O. The zero-order valence-electron chi connectivity index (χ0n) is 12.9. The number of nitrogens with zero attached hydrogens (tertiary/aromatic N) is 3. The maximum atomic E-state index is 12.6. The van der Waals surface area contributed by atoms with Crippen LogP contribution in [0.3, 0.4) is 0 Å². The van der Waals surface area contributed by atoms with E-state index in [9.17, 15) is 4.79 Å². The quantitative estimate of drug-likeness (QED) is 0.928. The number of amides is 1. The lowest BCUT2D eigenvalue weighted by Crippen LogP contribution is -2.38. The highest BCUT2D eigenvalue weighted by Crippen LogP contribution is 2.23. The van der Waals surface area contributed by atoms with Crippen LogP contribution in [0.5, 0.6) is 0 Å². The number of carbonyl (C=O) groups is 1. The van der Waals surface area contributed by atoms with Crippen LogP contribution in [-0.4, -0.2) is 46.8 Å². The second kappa shape index (κ2) is 6.60. The third-order valence-corrected chi connectivity index (χ3v) is 4.92. The van der Waals surface area contributed by atoms with Crippen LogP contribution in [0.2, 0.25) is 0 Å². The van der Waals surface area contributed by atoms with Crippen LogP contribution in [-0.2, 0) is 0 Å². The van der Waals surface area contributed by atoms with Crippen molar-refractivity contribution in [1.29, 1.82) is 0 Å². The monoisotopic (exact) mass is 290 g/mol. The molecule has 0 aromatic carbocycles. The van der Waals surface area contributed by atoms with E-state index in [0.717, 1.165) is 32.4 Å². The molecule has 2 fully saturated rings. The summed E-state index contributed by atoms with van der Waals surface area (Å²) in [5.41, 5.74) is 0.591. The highest BCUT2D eigenvalue weighted by Gasteiger charge is 2.25. The van der Waals surface area contributed by atoms with Gasteiger partial charge in [-0.05, 0) is 38.3 Å². The van der Waals surface area contributed by atoms with Gasteiger partial charge in [-0.1, -0.05) is 19.3 Å². The number of hydrogen-bond donors (Lipinski definition) is 1. The first-order chi connectivity index (χ1) is 10.3. The fourth-order valence-corrected chi connectivity index (χ4v) is 3.53. The predicted octanol–water partition coefficient (Wildman–Crippen LogP) is 2.21.